The Morgan fingerprint density at radius 2 is 2.32 bits per heavy atom. The highest BCUT2D eigenvalue weighted by atomic mass is 32.2. The van der Waals surface area contributed by atoms with Gasteiger partial charge in [-0.2, -0.15) is 4.98 Å². The molecule has 7 nitrogen and oxygen atoms in total. The number of thiazole rings is 1. The number of carbonyl (C=O) groups excluding carboxylic acids is 1. The first-order chi connectivity index (χ1) is 10.7. The summed E-state index contributed by atoms with van der Waals surface area (Å²) in [5.74, 6) is 0.667. The van der Waals surface area contributed by atoms with Gasteiger partial charge in [-0.05, 0) is 19.1 Å². The number of nitrogens with one attached hydrogen (secondary N) is 2. The van der Waals surface area contributed by atoms with E-state index in [-0.39, 0.29) is 11.7 Å². The molecule has 0 saturated heterocycles. The lowest BCUT2D eigenvalue weighted by Gasteiger charge is -1.98. The van der Waals surface area contributed by atoms with Crippen LogP contribution in [0.2, 0.25) is 0 Å². The SMILES string of the molecule is Cc1csc(NC(=O)CSc2n[nH]c(-c3ccccn3)n2)n1. The zero-order valence-electron chi connectivity index (χ0n) is 11.6. The van der Waals surface area contributed by atoms with Gasteiger partial charge in [0.2, 0.25) is 11.1 Å². The van der Waals surface area contributed by atoms with Crippen molar-refractivity contribution in [1.82, 2.24) is 25.1 Å². The van der Waals surface area contributed by atoms with E-state index in [4.69, 9.17) is 0 Å². The van der Waals surface area contributed by atoms with E-state index in [2.05, 4.69) is 30.5 Å². The standard InChI is InChI=1S/C13H12N6OS2/c1-8-6-21-12(15-8)16-10(20)7-22-13-17-11(18-19-13)9-4-2-3-5-14-9/h2-6H,7H2,1H3,(H,15,16,20)(H,17,18,19). The number of aromatic amines is 1. The van der Waals surface area contributed by atoms with E-state index < -0.39 is 0 Å². The van der Waals surface area contributed by atoms with Gasteiger partial charge in [-0.15, -0.1) is 16.4 Å². The van der Waals surface area contributed by atoms with Crippen LogP contribution in [-0.4, -0.2) is 36.8 Å². The van der Waals surface area contributed by atoms with Crippen LogP contribution in [0, 0.1) is 6.92 Å². The van der Waals surface area contributed by atoms with Crippen LogP contribution in [0.4, 0.5) is 5.13 Å². The van der Waals surface area contributed by atoms with Gasteiger partial charge in [0.15, 0.2) is 11.0 Å². The molecule has 0 aromatic carbocycles. The lowest BCUT2D eigenvalue weighted by atomic mass is 10.3. The molecule has 2 N–H and O–H groups in total. The van der Waals surface area contributed by atoms with Crippen LogP contribution in [0.1, 0.15) is 5.69 Å². The van der Waals surface area contributed by atoms with Crippen LogP contribution in [0.3, 0.4) is 0 Å². The van der Waals surface area contributed by atoms with Gasteiger partial charge in [0.05, 0.1) is 11.4 Å². The fourth-order valence-electron chi connectivity index (χ4n) is 1.63. The van der Waals surface area contributed by atoms with E-state index in [1.54, 1.807) is 6.20 Å². The maximum absolute atomic E-state index is 11.8. The monoisotopic (exact) mass is 332 g/mol. The van der Waals surface area contributed by atoms with Crippen molar-refractivity contribution in [1.29, 1.82) is 0 Å². The van der Waals surface area contributed by atoms with E-state index in [9.17, 15) is 4.79 Å². The molecular formula is C13H12N6OS2. The van der Waals surface area contributed by atoms with Crippen molar-refractivity contribution in [3.8, 4) is 11.5 Å². The number of rotatable bonds is 5. The number of carbonyl (C=O) groups is 1. The summed E-state index contributed by atoms with van der Waals surface area (Å²) in [4.78, 5) is 24.5. The number of nitrogens with zero attached hydrogens (tertiary/aromatic N) is 4. The van der Waals surface area contributed by atoms with Crippen LogP contribution in [0.5, 0.6) is 0 Å². The molecule has 0 aliphatic heterocycles. The number of hydrogen-bond acceptors (Lipinski definition) is 7. The Morgan fingerprint density at radius 3 is 3.05 bits per heavy atom. The summed E-state index contributed by atoms with van der Waals surface area (Å²) in [5.41, 5.74) is 1.60. The number of thioether (sulfide) groups is 1. The predicted molar refractivity (Wildman–Crippen MR) is 85.8 cm³/mol. The topological polar surface area (TPSA) is 96.5 Å². The fraction of sp³-hybridized carbons (Fsp3) is 0.154. The zero-order chi connectivity index (χ0) is 15.4. The third kappa shape index (κ3) is 3.68. The molecule has 0 unspecified atom stereocenters. The molecule has 0 aliphatic carbocycles. The average molecular weight is 332 g/mol. The molecule has 0 saturated carbocycles. The lowest BCUT2D eigenvalue weighted by Crippen LogP contribution is -2.13. The summed E-state index contributed by atoms with van der Waals surface area (Å²) >= 11 is 2.66. The van der Waals surface area contributed by atoms with E-state index in [1.807, 2.05) is 30.5 Å². The summed E-state index contributed by atoms with van der Waals surface area (Å²) in [6.07, 6.45) is 1.69. The molecule has 0 aliphatic rings. The first kappa shape index (κ1) is 14.7. The van der Waals surface area contributed by atoms with Gasteiger partial charge in [-0.3, -0.25) is 14.9 Å². The van der Waals surface area contributed by atoms with Crippen molar-refractivity contribution in [2.24, 2.45) is 0 Å². The van der Waals surface area contributed by atoms with Crippen molar-refractivity contribution in [3.05, 3.63) is 35.5 Å². The van der Waals surface area contributed by atoms with E-state index >= 15 is 0 Å². The summed E-state index contributed by atoms with van der Waals surface area (Å²) in [6.45, 7) is 1.88. The zero-order valence-corrected chi connectivity index (χ0v) is 13.2. The number of amides is 1. The Hall–Kier alpha value is -2.26. The lowest BCUT2D eigenvalue weighted by molar-refractivity contribution is -0.113. The molecule has 0 radical (unpaired) electrons. The summed E-state index contributed by atoms with van der Waals surface area (Å²) < 4.78 is 0. The minimum Gasteiger partial charge on any atom is -0.301 e. The maximum atomic E-state index is 11.8. The van der Waals surface area contributed by atoms with Gasteiger partial charge >= 0.3 is 0 Å². The fourth-order valence-corrected chi connectivity index (χ4v) is 2.93. The predicted octanol–water partition coefficient (Wildman–Crippen LogP) is 2.36. The third-order valence-electron chi connectivity index (χ3n) is 2.57. The number of H-pyrrole nitrogens is 1. The molecule has 3 heterocycles. The summed E-state index contributed by atoms with van der Waals surface area (Å²) in [5, 5.41) is 12.6. The molecule has 112 valence electrons. The van der Waals surface area contributed by atoms with Crippen LogP contribution in [0.15, 0.2) is 34.9 Å². The normalized spacial score (nSPS) is 10.6. The molecule has 9 heteroatoms. The van der Waals surface area contributed by atoms with Crippen LogP contribution in [0.25, 0.3) is 11.5 Å². The number of pyridine rings is 1. The Morgan fingerprint density at radius 1 is 1.41 bits per heavy atom. The molecule has 3 aromatic rings. The molecular weight excluding hydrogens is 320 g/mol. The second-order valence-corrected chi connectivity index (χ2v) is 6.11. The molecule has 3 aromatic heterocycles. The van der Waals surface area contributed by atoms with E-state index in [1.165, 1.54) is 23.1 Å². The third-order valence-corrected chi connectivity index (χ3v) is 4.29. The van der Waals surface area contributed by atoms with Crippen LogP contribution >= 0.6 is 23.1 Å². The van der Waals surface area contributed by atoms with Gasteiger partial charge in [0.25, 0.3) is 0 Å². The Bertz CT molecular complexity index is 770. The van der Waals surface area contributed by atoms with E-state index in [0.29, 0.717) is 21.8 Å². The molecule has 22 heavy (non-hydrogen) atoms. The Labute approximate surface area is 134 Å². The van der Waals surface area contributed by atoms with Crippen molar-refractivity contribution in [2.45, 2.75) is 12.1 Å². The number of aromatic nitrogens is 5. The second-order valence-electron chi connectivity index (χ2n) is 4.31. The molecule has 1 amide bonds. The largest absolute Gasteiger partial charge is 0.301 e. The molecule has 0 atom stereocenters. The van der Waals surface area contributed by atoms with Crippen molar-refractivity contribution in [2.75, 3.05) is 11.1 Å². The average Bonchev–Trinajstić information content (AvgIpc) is 3.15. The van der Waals surface area contributed by atoms with Crippen LogP contribution < -0.4 is 5.32 Å². The van der Waals surface area contributed by atoms with Gasteiger partial charge in [0.1, 0.15) is 5.69 Å². The first-order valence-electron chi connectivity index (χ1n) is 6.39. The smallest absolute Gasteiger partial charge is 0.236 e. The van der Waals surface area contributed by atoms with E-state index in [0.717, 1.165) is 5.69 Å². The van der Waals surface area contributed by atoms with Gasteiger partial charge < -0.3 is 5.32 Å². The number of anilines is 1. The van der Waals surface area contributed by atoms with Crippen molar-refractivity contribution >= 4 is 34.1 Å². The molecule has 0 spiro atoms. The van der Waals surface area contributed by atoms with Crippen molar-refractivity contribution in [3.63, 3.8) is 0 Å². The van der Waals surface area contributed by atoms with Gasteiger partial charge in [-0.25, -0.2) is 4.98 Å². The Balaban J connectivity index is 1.56. The number of hydrogen-bond donors (Lipinski definition) is 2. The molecule has 3 rings (SSSR count). The first-order valence-corrected chi connectivity index (χ1v) is 8.26. The molecule has 0 fully saturated rings. The van der Waals surface area contributed by atoms with Gasteiger partial charge in [-0.1, -0.05) is 17.8 Å². The molecule has 0 bridgehead atoms. The highest BCUT2D eigenvalue weighted by Gasteiger charge is 2.10. The minimum atomic E-state index is -0.136. The quantitative estimate of drug-likeness (QED) is 0.696. The highest BCUT2D eigenvalue weighted by molar-refractivity contribution is 7.99. The summed E-state index contributed by atoms with van der Waals surface area (Å²) in [6, 6.07) is 5.55. The maximum Gasteiger partial charge on any atom is 0.236 e. The van der Waals surface area contributed by atoms with Gasteiger partial charge in [0, 0.05) is 11.6 Å². The number of aryl methyl sites for hydroxylation is 1. The Kier molecular flexibility index (Phi) is 4.45. The van der Waals surface area contributed by atoms with Crippen LogP contribution in [-0.2, 0) is 4.79 Å². The minimum absolute atomic E-state index is 0.136. The highest BCUT2D eigenvalue weighted by Crippen LogP contribution is 2.18. The van der Waals surface area contributed by atoms with Crippen molar-refractivity contribution < 1.29 is 4.79 Å². The summed E-state index contributed by atoms with van der Waals surface area (Å²) in [7, 11) is 0. The second kappa shape index (κ2) is 6.67.